The van der Waals surface area contributed by atoms with Gasteiger partial charge in [-0.3, -0.25) is 0 Å². The Morgan fingerprint density at radius 2 is 2.21 bits per heavy atom. The van der Waals surface area contributed by atoms with Crippen LogP contribution in [0.1, 0.15) is 12.5 Å². The van der Waals surface area contributed by atoms with E-state index in [1.54, 1.807) is 29.0 Å². The molecule has 3 rings (SSSR count). The van der Waals surface area contributed by atoms with Crippen molar-refractivity contribution in [3.05, 3.63) is 35.0 Å². The van der Waals surface area contributed by atoms with Crippen LogP contribution >= 0.6 is 11.6 Å². The highest BCUT2D eigenvalue weighted by molar-refractivity contribution is 6.40. The van der Waals surface area contributed by atoms with Gasteiger partial charge in [-0.05, 0) is 25.1 Å². The Bertz CT molecular complexity index is 845. The number of nitrogens with zero attached hydrogens (tertiary/aromatic N) is 3. The zero-order valence-corrected chi connectivity index (χ0v) is 10.9. The van der Waals surface area contributed by atoms with E-state index in [-0.39, 0.29) is 5.88 Å². The molecule has 94 valence electrons. The molecule has 2 heterocycles. The number of fused-ring (bicyclic) bond motifs is 2. The number of nitriles is 1. The number of aromatic nitrogens is 2. The fourth-order valence-electron chi connectivity index (χ4n) is 2.21. The summed E-state index contributed by atoms with van der Waals surface area (Å²) in [6.07, 6.45) is 1.77. The second-order valence-corrected chi connectivity index (χ2v) is 4.65. The molecular formula is C14H10ClN3O. The molecule has 0 fully saturated rings. The minimum absolute atomic E-state index is 0.110. The standard InChI is InChI=1S/C14H10ClN3O/c1-2-18-7-11-12(14(18)19)13(15)9-5-8(6-16)3-4-10(9)17-11/h3-5,7,19H,2H2,1H3. The molecule has 0 aliphatic rings. The van der Waals surface area contributed by atoms with Crippen molar-refractivity contribution in [3.63, 3.8) is 0 Å². The van der Waals surface area contributed by atoms with Crippen molar-refractivity contribution >= 4 is 33.4 Å². The molecule has 0 amide bonds. The van der Waals surface area contributed by atoms with Crippen LogP contribution in [0.2, 0.25) is 5.02 Å². The van der Waals surface area contributed by atoms with Crippen LogP contribution in [0.25, 0.3) is 21.8 Å². The van der Waals surface area contributed by atoms with E-state index in [1.165, 1.54) is 0 Å². The first-order chi connectivity index (χ1) is 9.15. The highest BCUT2D eigenvalue weighted by Gasteiger charge is 2.15. The van der Waals surface area contributed by atoms with Crippen molar-refractivity contribution < 1.29 is 5.11 Å². The van der Waals surface area contributed by atoms with Crippen molar-refractivity contribution in [3.8, 4) is 11.9 Å². The Morgan fingerprint density at radius 3 is 2.89 bits per heavy atom. The van der Waals surface area contributed by atoms with Gasteiger partial charge in [-0.1, -0.05) is 11.6 Å². The van der Waals surface area contributed by atoms with Crippen LogP contribution in [0.3, 0.4) is 0 Å². The van der Waals surface area contributed by atoms with Crippen molar-refractivity contribution in [2.24, 2.45) is 0 Å². The molecule has 2 aromatic heterocycles. The van der Waals surface area contributed by atoms with Gasteiger partial charge in [0.05, 0.1) is 33.1 Å². The summed E-state index contributed by atoms with van der Waals surface area (Å²) in [4.78, 5) is 4.47. The molecular weight excluding hydrogens is 262 g/mol. The number of rotatable bonds is 1. The molecule has 0 bridgehead atoms. The van der Waals surface area contributed by atoms with Crippen molar-refractivity contribution in [2.75, 3.05) is 0 Å². The minimum atomic E-state index is 0.110. The fraction of sp³-hybridized carbons (Fsp3) is 0.143. The number of aryl methyl sites for hydroxylation is 1. The van der Waals surface area contributed by atoms with E-state index in [0.29, 0.717) is 38.9 Å². The van der Waals surface area contributed by atoms with Crippen LogP contribution < -0.4 is 0 Å². The summed E-state index contributed by atoms with van der Waals surface area (Å²) < 4.78 is 1.69. The quantitative estimate of drug-likeness (QED) is 0.737. The van der Waals surface area contributed by atoms with E-state index in [1.807, 2.05) is 6.92 Å². The largest absolute Gasteiger partial charge is 0.494 e. The van der Waals surface area contributed by atoms with Gasteiger partial charge in [0.15, 0.2) is 0 Å². The topological polar surface area (TPSA) is 61.8 Å². The predicted octanol–water partition coefficient (Wildman–Crippen LogP) is 3.44. The van der Waals surface area contributed by atoms with Crippen LogP contribution in [-0.4, -0.2) is 14.7 Å². The van der Waals surface area contributed by atoms with E-state index >= 15 is 0 Å². The van der Waals surface area contributed by atoms with E-state index in [2.05, 4.69) is 11.1 Å². The van der Waals surface area contributed by atoms with Crippen LogP contribution in [-0.2, 0) is 6.54 Å². The summed E-state index contributed by atoms with van der Waals surface area (Å²) in [5, 5.41) is 20.7. The molecule has 0 radical (unpaired) electrons. The normalized spacial score (nSPS) is 11.0. The van der Waals surface area contributed by atoms with Gasteiger partial charge in [0.25, 0.3) is 0 Å². The number of halogens is 1. The molecule has 0 unspecified atom stereocenters. The zero-order chi connectivity index (χ0) is 13.6. The van der Waals surface area contributed by atoms with Crippen LogP contribution in [0.4, 0.5) is 0 Å². The van der Waals surface area contributed by atoms with E-state index in [0.717, 1.165) is 0 Å². The predicted molar refractivity (Wildman–Crippen MR) is 74.3 cm³/mol. The highest BCUT2D eigenvalue weighted by atomic mass is 35.5. The Kier molecular flexibility index (Phi) is 2.58. The molecule has 1 aromatic carbocycles. The molecule has 0 aliphatic carbocycles. The van der Waals surface area contributed by atoms with Gasteiger partial charge in [0.2, 0.25) is 5.88 Å². The van der Waals surface area contributed by atoms with Gasteiger partial charge in [-0.2, -0.15) is 5.26 Å². The lowest BCUT2D eigenvalue weighted by Gasteiger charge is -2.03. The average Bonchev–Trinajstić information content (AvgIpc) is 2.75. The summed E-state index contributed by atoms with van der Waals surface area (Å²) in [6, 6.07) is 7.22. The second kappa shape index (κ2) is 4.15. The van der Waals surface area contributed by atoms with Gasteiger partial charge >= 0.3 is 0 Å². The highest BCUT2D eigenvalue weighted by Crippen LogP contribution is 2.37. The molecule has 0 aliphatic heterocycles. The van der Waals surface area contributed by atoms with E-state index < -0.39 is 0 Å². The van der Waals surface area contributed by atoms with Crippen LogP contribution in [0.15, 0.2) is 24.4 Å². The third kappa shape index (κ3) is 1.63. The Hall–Kier alpha value is -2.25. The number of pyridine rings is 1. The number of hydrogen-bond donors (Lipinski definition) is 1. The average molecular weight is 272 g/mol. The maximum Gasteiger partial charge on any atom is 0.202 e. The molecule has 0 spiro atoms. The van der Waals surface area contributed by atoms with Crippen LogP contribution in [0.5, 0.6) is 5.88 Å². The molecule has 0 saturated carbocycles. The van der Waals surface area contributed by atoms with Crippen molar-refractivity contribution in [2.45, 2.75) is 13.5 Å². The second-order valence-electron chi connectivity index (χ2n) is 4.27. The zero-order valence-electron chi connectivity index (χ0n) is 10.2. The third-order valence-corrected chi connectivity index (χ3v) is 3.59. The van der Waals surface area contributed by atoms with Gasteiger partial charge in [0, 0.05) is 18.1 Å². The Labute approximate surface area is 114 Å². The molecule has 4 nitrogen and oxygen atoms in total. The smallest absolute Gasteiger partial charge is 0.202 e. The monoisotopic (exact) mass is 271 g/mol. The molecule has 0 saturated heterocycles. The summed E-state index contributed by atoms with van der Waals surface area (Å²) in [5.41, 5.74) is 1.89. The first kappa shape index (κ1) is 11.8. The van der Waals surface area contributed by atoms with Gasteiger partial charge in [0.1, 0.15) is 0 Å². The SMILES string of the molecule is CCn1cc2nc3ccc(C#N)cc3c(Cl)c2c1O. The van der Waals surface area contributed by atoms with E-state index in [4.69, 9.17) is 16.9 Å². The summed E-state index contributed by atoms with van der Waals surface area (Å²) >= 11 is 6.36. The molecule has 3 aromatic rings. The first-order valence-corrected chi connectivity index (χ1v) is 6.24. The van der Waals surface area contributed by atoms with E-state index in [9.17, 15) is 5.11 Å². The first-order valence-electron chi connectivity index (χ1n) is 5.87. The number of aromatic hydroxyl groups is 1. The molecule has 5 heteroatoms. The maximum absolute atomic E-state index is 10.1. The lowest BCUT2D eigenvalue weighted by molar-refractivity contribution is 0.427. The summed E-state index contributed by atoms with van der Waals surface area (Å²) in [6.45, 7) is 2.57. The van der Waals surface area contributed by atoms with Gasteiger partial charge < -0.3 is 9.67 Å². The summed E-state index contributed by atoms with van der Waals surface area (Å²) in [7, 11) is 0. The molecule has 19 heavy (non-hydrogen) atoms. The molecule has 0 atom stereocenters. The van der Waals surface area contributed by atoms with Gasteiger partial charge in [-0.15, -0.1) is 0 Å². The molecule has 1 N–H and O–H groups in total. The third-order valence-electron chi connectivity index (χ3n) is 3.19. The Balaban J connectivity index is 2.48. The van der Waals surface area contributed by atoms with Crippen molar-refractivity contribution in [1.29, 1.82) is 5.26 Å². The van der Waals surface area contributed by atoms with Crippen LogP contribution in [0, 0.1) is 11.3 Å². The Morgan fingerprint density at radius 1 is 1.42 bits per heavy atom. The fourth-order valence-corrected chi connectivity index (χ4v) is 2.54. The lowest BCUT2D eigenvalue weighted by Crippen LogP contribution is -1.88. The summed E-state index contributed by atoms with van der Waals surface area (Å²) in [5.74, 6) is 0.110. The minimum Gasteiger partial charge on any atom is -0.494 e. The van der Waals surface area contributed by atoms with Gasteiger partial charge in [-0.25, -0.2) is 4.98 Å². The number of benzene rings is 1. The lowest BCUT2D eigenvalue weighted by atomic mass is 10.1. The maximum atomic E-state index is 10.1. The van der Waals surface area contributed by atoms with Crippen molar-refractivity contribution in [1.82, 2.24) is 9.55 Å². The number of hydrogen-bond acceptors (Lipinski definition) is 3.